The molecule has 0 bridgehead atoms. The molecule has 0 aliphatic heterocycles. The quantitative estimate of drug-likeness (QED) is 0.842. The zero-order valence-electron chi connectivity index (χ0n) is 9.30. The molecule has 1 N–H and O–H groups in total. The first-order valence-electron chi connectivity index (χ1n) is 5.03. The Bertz CT molecular complexity index is 361. The van der Waals surface area contributed by atoms with E-state index in [4.69, 9.17) is 11.6 Å². The van der Waals surface area contributed by atoms with Crippen molar-refractivity contribution in [3.63, 3.8) is 0 Å². The molecular formula is C12H16ClNO. The molecule has 1 rings (SSSR count). The Labute approximate surface area is 95.6 Å². The lowest BCUT2D eigenvalue weighted by Gasteiger charge is -2.08. The first-order valence-corrected chi connectivity index (χ1v) is 5.41. The lowest BCUT2D eigenvalue weighted by molar-refractivity contribution is -0.124. The minimum absolute atomic E-state index is 0.0263. The normalized spacial score (nSPS) is 10.5. The van der Waals surface area contributed by atoms with Gasteiger partial charge in [-0.15, -0.1) is 0 Å². The van der Waals surface area contributed by atoms with E-state index in [0.717, 1.165) is 16.1 Å². The van der Waals surface area contributed by atoms with Gasteiger partial charge in [0.25, 0.3) is 0 Å². The summed E-state index contributed by atoms with van der Waals surface area (Å²) in [5, 5.41) is 3.62. The number of rotatable bonds is 3. The second kappa shape index (κ2) is 5.17. The van der Waals surface area contributed by atoms with Gasteiger partial charge >= 0.3 is 0 Å². The highest BCUT2D eigenvalue weighted by Gasteiger charge is 2.06. The minimum atomic E-state index is 0.0263. The number of carbonyl (C=O) groups excluding carboxylic acids is 1. The Morgan fingerprint density at radius 2 is 2.13 bits per heavy atom. The summed E-state index contributed by atoms with van der Waals surface area (Å²) in [7, 11) is 0. The van der Waals surface area contributed by atoms with Crippen molar-refractivity contribution >= 4 is 17.5 Å². The molecule has 0 spiro atoms. The van der Waals surface area contributed by atoms with Crippen LogP contribution in [0.3, 0.4) is 0 Å². The van der Waals surface area contributed by atoms with Crippen LogP contribution in [-0.4, -0.2) is 5.91 Å². The number of aryl methyl sites for hydroxylation is 1. The van der Waals surface area contributed by atoms with Crippen LogP contribution in [0.1, 0.15) is 25.0 Å². The fraction of sp³-hybridized carbons (Fsp3) is 0.417. The van der Waals surface area contributed by atoms with Gasteiger partial charge in [0.2, 0.25) is 5.91 Å². The van der Waals surface area contributed by atoms with E-state index < -0.39 is 0 Å². The van der Waals surface area contributed by atoms with Crippen molar-refractivity contribution in [1.29, 1.82) is 0 Å². The van der Waals surface area contributed by atoms with Crippen molar-refractivity contribution in [1.82, 2.24) is 5.32 Å². The predicted molar refractivity (Wildman–Crippen MR) is 62.9 cm³/mol. The highest BCUT2D eigenvalue weighted by molar-refractivity contribution is 6.31. The standard InChI is InChI=1S/C12H16ClNO/c1-8(2)12(15)14-7-10-4-5-11(13)9(3)6-10/h4-6,8H,7H2,1-3H3,(H,14,15). The van der Waals surface area contributed by atoms with Gasteiger partial charge < -0.3 is 5.32 Å². The van der Waals surface area contributed by atoms with Crippen molar-refractivity contribution in [2.24, 2.45) is 5.92 Å². The Morgan fingerprint density at radius 3 is 2.67 bits per heavy atom. The van der Waals surface area contributed by atoms with Gasteiger partial charge in [0.15, 0.2) is 0 Å². The van der Waals surface area contributed by atoms with Crippen LogP contribution in [0.15, 0.2) is 18.2 Å². The molecule has 0 unspecified atom stereocenters. The Balaban J connectivity index is 2.58. The lowest BCUT2D eigenvalue weighted by atomic mass is 10.1. The molecule has 0 atom stereocenters. The number of nitrogens with one attached hydrogen (secondary N) is 1. The Hall–Kier alpha value is -1.02. The summed E-state index contributed by atoms with van der Waals surface area (Å²) in [6.07, 6.45) is 0. The van der Waals surface area contributed by atoms with Crippen LogP contribution >= 0.6 is 11.6 Å². The number of benzene rings is 1. The molecule has 82 valence electrons. The molecule has 0 saturated carbocycles. The topological polar surface area (TPSA) is 29.1 Å². The van der Waals surface area contributed by atoms with E-state index in [1.54, 1.807) is 0 Å². The highest BCUT2D eigenvalue weighted by Crippen LogP contribution is 2.16. The van der Waals surface area contributed by atoms with Gasteiger partial charge in [-0.1, -0.05) is 37.6 Å². The molecule has 0 aromatic heterocycles. The van der Waals surface area contributed by atoms with E-state index in [-0.39, 0.29) is 11.8 Å². The van der Waals surface area contributed by atoms with Crippen LogP contribution in [-0.2, 0) is 11.3 Å². The maximum absolute atomic E-state index is 11.3. The molecule has 1 aromatic rings. The van der Waals surface area contributed by atoms with Crippen molar-refractivity contribution in [3.05, 3.63) is 34.3 Å². The highest BCUT2D eigenvalue weighted by atomic mass is 35.5. The van der Waals surface area contributed by atoms with Gasteiger partial charge in [-0.3, -0.25) is 4.79 Å². The van der Waals surface area contributed by atoms with Crippen LogP contribution < -0.4 is 5.32 Å². The molecule has 0 radical (unpaired) electrons. The first-order chi connectivity index (χ1) is 7.00. The van der Waals surface area contributed by atoms with E-state index >= 15 is 0 Å². The third-order valence-electron chi connectivity index (χ3n) is 2.21. The Kier molecular flexibility index (Phi) is 4.15. The Morgan fingerprint density at radius 1 is 1.47 bits per heavy atom. The summed E-state index contributed by atoms with van der Waals surface area (Å²) < 4.78 is 0. The lowest BCUT2D eigenvalue weighted by Crippen LogP contribution is -2.27. The fourth-order valence-corrected chi connectivity index (χ4v) is 1.33. The van der Waals surface area contributed by atoms with Gasteiger partial charge in [0.1, 0.15) is 0 Å². The monoisotopic (exact) mass is 225 g/mol. The van der Waals surface area contributed by atoms with Gasteiger partial charge in [0.05, 0.1) is 0 Å². The van der Waals surface area contributed by atoms with Gasteiger partial charge in [-0.2, -0.15) is 0 Å². The van der Waals surface area contributed by atoms with E-state index in [1.165, 1.54) is 0 Å². The SMILES string of the molecule is Cc1cc(CNC(=O)C(C)C)ccc1Cl. The minimum Gasteiger partial charge on any atom is -0.352 e. The summed E-state index contributed by atoms with van der Waals surface area (Å²) >= 11 is 5.91. The smallest absolute Gasteiger partial charge is 0.222 e. The van der Waals surface area contributed by atoms with Gasteiger partial charge in [-0.25, -0.2) is 0 Å². The maximum Gasteiger partial charge on any atom is 0.222 e. The average Bonchev–Trinajstić information content (AvgIpc) is 2.19. The van der Waals surface area contributed by atoms with Gasteiger partial charge in [-0.05, 0) is 24.1 Å². The van der Waals surface area contributed by atoms with Gasteiger partial charge in [0, 0.05) is 17.5 Å². The number of hydrogen-bond acceptors (Lipinski definition) is 1. The fourth-order valence-electron chi connectivity index (χ4n) is 1.21. The van der Waals surface area contributed by atoms with Crippen LogP contribution in [0.25, 0.3) is 0 Å². The van der Waals surface area contributed by atoms with Crippen LogP contribution in [0.4, 0.5) is 0 Å². The van der Waals surface area contributed by atoms with E-state index in [1.807, 2.05) is 39.0 Å². The largest absolute Gasteiger partial charge is 0.352 e. The number of amides is 1. The summed E-state index contributed by atoms with van der Waals surface area (Å²) in [6.45, 7) is 6.27. The molecule has 0 fully saturated rings. The van der Waals surface area contributed by atoms with E-state index in [0.29, 0.717) is 6.54 Å². The zero-order chi connectivity index (χ0) is 11.4. The number of hydrogen-bond donors (Lipinski definition) is 1. The number of carbonyl (C=O) groups is 1. The predicted octanol–water partition coefficient (Wildman–Crippen LogP) is 2.92. The third kappa shape index (κ3) is 3.56. The second-order valence-corrected chi connectivity index (χ2v) is 4.36. The average molecular weight is 226 g/mol. The van der Waals surface area contributed by atoms with Crippen molar-refractivity contribution in [2.75, 3.05) is 0 Å². The second-order valence-electron chi connectivity index (χ2n) is 3.96. The summed E-state index contributed by atoms with van der Waals surface area (Å²) in [6, 6.07) is 5.77. The molecule has 15 heavy (non-hydrogen) atoms. The van der Waals surface area contributed by atoms with Crippen LogP contribution in [0, 0.1) is 12.8 Å². The molecule has 0 heterocycles. The maximum atomic E-state index is 11.3. The molecular weight excluding hydrogens is 210 g/mol. The van der Waals surface area contributed by atoms with Crippen molar-refractivity contribution < 1.29 is 4.79 Å². The van der Waals surface area contributed by atoms with E-state index in [9.17, 15) is 4.79 Å². The molecule has 1 amide bonds. The molecule has 3 heteroatoms. The molecule has 0 aliphatic carbocycles. The zero-order valence-corrected chi connectivity index (χ0v) is 10.1. The molecule has 2 nitrogen and oxygen atoms in total. The summed E-state index contributed by atoms with van der Waals surface area (Å²) in [4.78, 5) is 11.3. The molecule has 1 aromatic carbocycles. The molecule has 0 saturated heterocycles. The number of halogens is 1. The summed E-state index contributed by atoms with van der Waals surface area (Å²) in [5.74, 6) is 0.0981. The third-order valence-corrected chi connectivity index (χ3v) is 2.64. The first kappa shape index (κ1) is 12.1. The van der Waals surface area contributed by atoms with Crippen LogP contribution in [0.5, 0.6) is 0 Å². The van der Waals surface area contributed by atoms with Crippen molar-refractivity contribution in [3.8, 4) is 0 Å². The van der Waals surface area contributed by atoms with Crippen LogP contribution in [0.2, 0.25) is 5.02 Å². The molecule has 0 aliphatic rings. The van der Waals surface area contributed by atoms with E-state index in [2.05, 4.69) is 5.32 Å². The summed E-state index contributed by atoms with van der Waals surface area (Å²) in [5.41, 5.74) is 2.11. The van der Waals surface area contributed by atoms with Crippen molar-refractivity contribution in [2.45, 2.75) is 27.3 Å².